The third-order valence-electron chi connectivity index (χ3n) is 4.45. The van der Waals surface area contributed by atoms with Crippen LogP contribution in [0.4, 0.5) is 4.79 Å². The summed E-state index contributed by atoms with van der Waals surface area (Å²) in [6.45, 7) is 9.66. The fraction of sp³-hybridized carbons (Fsp3) is 0.600. The van der Waals surface area contributed by atoms with E-state index in [0.717, 1.165) is 18.7 Å². The lowest BCUT2D eigenvalue weighted by Gasteiger charge is -2.31. The molecule has 0 atom stereocenters. The van der Waals surface area contributed by atoms with E-state index in [-0.39, 0.29) is 18.5 Å². The molecule has 3 amide bonds. The Bertz CT molecular complexity index is 605. The van der Waals surface area contributed by atoms with Crippen LogP contribution < -0.4 is 20.1 Å². The molecule has 0 aliphatic carbocycles. The van der Waals surface area contributed by atoms with Crippen molar-refractivity contribution in [2.24, 2.45) is 0 Å². The molecule has 152 valence electrons. The van der Waals surface area contributed by atoms with Crippen molar-refractivity contribution in [1.29, 1.82) is 0 Å². The normalized spacial score (nSPS) is 17.3. The number of nitrogens with one attached hydrogen (secondary N) is 2. The molecule has 3 rings (SSSR count). The third-order valence-corrected chi connectivity index (χ3v) is 4.45. The number of urea groups is 1. The number of amides is 3. The van der Waals surface area contributed by atoms with Gasteiger partial charge in [0.1, 0.15) is 17.0 Å². The molecule has 7 heteroatoms. The van der Waals surface area contributed by atoms with Crippen LogP contribution in [0.3, 0.4) is 0 Å². The van der Waals surface area contributed by atoms with Crippen LogP contribution in [-0.2, 0) is 11.3 Å². The van der Waals surface area contributed by atoms with Crippen LogP contribution in [0.2, 0.25) is 0 Å². The summed E-state index contributed by atoms with van der Waals surface area (Å²) >= 11 is 0. The number of hydrogen-bond acceptors (Lipinski definition) is 5. The molecule has 0 radical (unpaired) electrons. The highest BCUT2D eigenvalue weighted by Gasteiger charge is 2.51. The first-order valence-corrected chi connectivity index (χ1v) is 9.65. The number of hydrogen-bond donors (Lipinski definition) is 2. The molecule has 1 spiro atoms. The topological polar surface area (TPSA) is 79.9 Å². The fourth-order valence-electron chi connectivity index (χ4n) is 3.15. The highest BCUT2D eigenvalue weighted by atomic mass is 16.5. The number of carbonyl (C=O) groups excluding carboxylic acids is 2. The maximum atomic E-state index is 12.8. The van der Waals surface area contributed by atoms with Crippen molar-refractivity contribution in [1.82, 2.24) is 15.5 Å². The average molecular weight is 380 g/mol. The van der Waals surface area contributed by atoms with Crippen LogP contribution in [0.15, 0.2) is 18.2 Å². The van der Waals surface area contributed by atoms with Crippen LogP contribution in [0.5, 0.6) is 11.5 Å². The van der Waals surface area contributed by atoms with Crippen molar-refractivity contribution >= 4 is 11.9 Å². The number of carbonyl (C=O) groups is 2. The molecule has 7 nitrogen and oxygen atoms in total. The lowest BCUT2D eigenvalue weighted by molar-refractivity contribution is -0.132. The second-order valence-electron chi connectivity index (χ2n) is 5.87. The first-order valence-electron chi connectivity index (χ1n) is 9.65. The summed E-state index contributed by atoms with van der Waals surface area (Å²) in [5, 5.41) is 6.09. The number of piperidine rings is 1. The standard InChI is InChI=1S/C16H21N3O4.2C2H6/c1-22-12-7-11(8-13(9-12)23-2)10-19-14(20)16(18-15(19)21)3-5-17-6-4-16;2*1-2/h7-9,17H,3-6,10H2,1-2H3,(H,18,21);2*1-2H3. The first-order chi connectivity index (χ1) is 13.1. The van der Waals surface area contributed by atoms with Crippen molar-refractivity contribution in [3.8, 4) is 11.5 Å². The Morgan fingerprint density at radius 3 is 1.96 bits per heavy atom. The minimum atomic E-state index is -0.745. The summed E-state index contributed by atoms with van der Waals surface area (Å²) in [4.78, 5) is 26.3. The van der Waals surface area contributed by atoms with Gasteiger partial charge in [-0.3, -0.25) is 9.69 Å². The number of imide groups is 1. The maximum Gasteiger partial charge on any atom is 0.325 e. The van der Waals surface area contributed by atoms with E-state index in [9.17, 15) is 9.59 Å². The number of nitrogens with zero attached hydrogens (tertiary/aromatic N) is 1. The van der Waals surface area contributed by atoms with Gasteiger partial charge in [-0.05, 0) is 43.6 Å². The highest BCUT2D eigenvalue weighted by Crippen LogP contribution is 2.29. The van der Waals surface area contributed by atoms with Gasteiger partial charge in [0, 0.05) is 6.07 Å². The summed E-state index contributed by atoms with van der Waals surface area (Å²) < 4.78 is 10.5. The number of rotatable bonds is 4. The van der Waals surface area contributed by atoms with Crippen LogP contribution >= 0.6 is 0 Å². The van der Waals surface area contributed by atoms with Crippen molar-refractivity contribution in [3.63, 3.8) is 0 Å². The molecule has 2 heterocycles. The van der Waals surface area contributed by atoms with Crippen LogP contribution in [-0.4, -0.2) is 49.7 Å². The van der Waals surface area contributed by atoms with E-state index in [1.54, 1.807) is 32.4 Å². The molecular weight excluding hydrogens is 346 g/mol. The van der Waals surface area contributed by atoms with Gasteiger partial charge in [-0.1, -0.05) is 27.7 Å². The van der Waals surface area contributed by atoms with Crippen LogP contribution in [0.25, 0.3) is 0 Å². The molecule has 1 aromatic rings. The molecule has 2 saturated heterocycles. The zero-order valence-electron chi connectivity index (χ0n) is 17.3. The van der Waals surface area contributed by atoms with Crippen LogP contribution in [0.1, 0.15) is 46.1 Å². The Balaban J connectivity index is 0.000000855. The van der Waals surface area contributed by atoms with Crippen molar-refractivity contribution < 1.29 is 19.1 Å². The summed E-state index contributed by atoms with van der Waals surface area (Å²) in [5.74, 6) is 1.11. The zero-order chi connectivity index (χ0) is 20.4. The lowest BCUT2D eigenvalue weighted by atomic mass is 9.88. The molecule has 2 aliphatic heterocycles. The lowest BCUT2D eigenvalue weighted by Crippen LogP contribution is -2.53. The summed E-state index contributed by atoms with van der Waals surface area (Å²) in [5.41, 5.74) is 0.0429. The van der Waals surface area contributed by atoms with Gasteiger partial charge in [-0.15, -0.1) is 0 Å². The predicted molar refractivity (Wildman–Crippen MR) is 106 cm³/mol. The molecule has 0 bridgehead atoms. The van der Waals surface area contributed by atoms with Crippen molar-refractivity contribution in [2.75, 3.05) is 27.3 Å². The van der Waals surface area contributed by atoms with E-state index in [0.29, 0.717) is 24.3 Å². The van der Waals surface area contributed by atoms with Gasteiger partial charge < -0.3 is 20.1 Å². The molecule has 2 aliphatic rings. The number of benzene rings is 1. The van der Waals surface area contributed by atoms with Gasteiger partial charge in [-0.2, -0.15) is 0 Å². The van der Waals surface area contributed by atoms with Crippen LogP contribution in [0, 0.1) is 0 Å². The molecule has 0 unspecified atom stereocenters. The Labute approximate surface area is 162 Å². The Morgan fingerprint density at radius 2 is 1.48 bits per heavy atom. The van der Waals surface area contributed by atoms with E-state index in [4.69, 9.17) is 9.47 Å². The van der Waals surface area contributed by atoms with Gasteiger partial charge in [-0.25, -0.2) is 4.79 Å². The molecule has 27 heavy (non-hydrogen) atoms. The Kier molecular flexibility index (Phi) is 9.08. The second-order valence-corrected chi connectivity index (χ2v) is 5.87. The van der Waals surface area contributed by atoms with E-state index in [2.05, 4.69) is 10.6 Å². The monoisotopic (exact) mass is 379 g/mol. The third kappa shape index (κ3) is 5.13. The van der Waals surface area contributed by atoms with E-state index < -0.39 is 5.54 Å². The molecule has 2 N–H and O–H groups in total. The van der Waals surface area contributed by atoms with E-state index in [1.807, 2.05) is 27.7 Å². The van der Waals surface area contributed by atoms with E-state index >= 15 is 0 Å². The Morgan fingerprint density at radius 1 is 0.963 bits per heavy atom. The largest absolute Gasteiger partial charge is 0.497 e. The average Bonchev–Trinajstić information content (AvgIpc) is 2.95. The molecule has 0 saturated carbocycles. The minimum absolute atomic E-state index is 0.147. The number of ether oxygens (including phenoxy) is 2. The van der Waals surface area contributed by atoms with Gasteiger partial charge in [0.15, 0.2) is 0 Å². The highest BCUT2D eigenvalue weighted by molar-refractivity contribution is 6.07. The fourth-order valence-corrected chi connectivity index (χ4v) is 3.15. The first kappa shape index (κ1) is 22.8. The molecule has 2 fully saturated rings. The van der Waals surface area contributed by atoms with Gasteiger partial charge in [0.25, 0.3) is 5.91 Å². The Hall–Kier alpha value is -2.28. The van der Waals surface area contributed by atoms with E-state index in [1.165, 1.54) is 4.90 Å². The zero-order valence-corrected chi connectivity index (χ0v) is 17.3. The molecule has 1 aromatic carbocycles. The predicted octanol–water partition coefficient (Wildman–Crippen LogP) is 2.93. The quantitative estimate of drug-likeness (QED) is 0.787. The smallest absolute Gasteiger partial charge is 0.325 e. The van der Waals surface area contributed by atoms with Crippen molar-refractivity contribution in [3.05, 3.63) is 23.8 Å². The maximum absolute atomic E-state index is 12.8. The molecular formula is C20H33N3O4. The SMILES string of the molecule is CC.CC.COc1cc(CN2C(=O)NC3(CCNCC3)C2=O)cc(OC)c1. The summed E-state index contributed by atoms with van der Waals surface area (Å²) in [7, 11) is 3.13. The second kappa shape index (κ2) is 10.8. The van der Waals surface area contributed by atoms with Gasteiger partial charge >= 0.3 is 6.03 Å². The molecule has 0 aromatic heterocycles. The van der Waals surface area contributed by atoms with Crippen molar-refractivity contribution in [2.45, 2.75) is 52.6 Å². The van der Waals surface area contributed by atoms with Gasteiger partial charge in [0.05, 0.1) is 20.8 Å². The summed E-state index contributed by atoms with van der Waals surface area (Å²) in [6.07, 6.45) is 1.24. The van der Waals surface area contributed by atoms with Gasteiger partial charge in [0.2, 0.25) is 0 Å². The minimum Gasteiger partial charge on any atom is -0.497 e. The number of methoxy groups -OCH3 is 2. The summed E-state index contributed by atoms with van der Waals surface area (Å²) in [6, 6.07) is 5.02.